The Morgan fingerprint density at radius 3 is 2.05 bits per heavy atom. The molecule has 7 heteroatoms. The SMILES string of the molecule is CCCOc1cccc(C2C(C(=O)Nc3cccc(C)c3C)C(=O)CC(C)(O)C2C(=O)Nc2cccc(C)c2C)c1. The molecule has 1 aliphatic rings. The second-order valence-corrected chi connectivity index (χ2v) is 11.4. The molecule has 7 nitrogen and oxygen atoms in total. The van der Waals surface area contributed by atoms with Crippen molar-refractivity contribution >= 4 is 29.0 Å². The number of aliphatic hydroxyl groups is 1. The third kappa shape index (κ3) is 6.35. The summed E-state index contributed by atoms with van der Waals surface area (Å²) < 4.78 is 5.86. The van der Waals surface area contributed by atoms with E-state index in [-0.39, 0.29) is 6.42 Å². The van der Waals surface area contributed by atoms with Crippen molar-refractivity contribution in [3.8, 4) is 5.75 Å². The van der Waals surface area contributed by atoms with Gasteiger partial charge in [0.05, 0.1) is 18.1 Å². The topological polar surface area (TPSA) is 105 Å². The zero-order valence-electron chi connectivity index (χ0n) is 24.7. The van der Waals surface area contributed by atoms with Crippen molar-refractivity contribution in [1.82, 2.24) is 0 Å². The van der Waals surface area contributed by atoms with Gasteiger partial charge in [0.1, 0.15) is 17.5 Å². The maximum atomic E-state index is 14.1. The molecule has 2 amide bonds. The van der Waals surface area contributed by atoms with Crippen LogP contribution in [0.3, 0.4) is 0 Å². The number of ether oxygens (including phenoxy) is 1. The zero-order chi connectivity index (χ0) is 29.9. The first kappa shape index (κ1) is 30.0. The van der Waals surface area contributed by atoms with Crippen molar-refractivity contribution in [3.63, 3.8) is 0 Å². The van der Waals surface area contributed by atoms with Crippen LogP contribution in [0.15, 0.2) is 60.7 Å². The van der Waals surface area contributed by atoms with Crippen LogP contribution in [-0.4, -0.2) is 34.9 Å². The van der Waals surface area contributed by atoms with Gasteiger partial charge in [0, 0.05) is 23.7 Å². The maximum absolute atomic E-state index is 14.1. The summed E-state index contributed by atoms with van der Waals surface area (Å²) in [7, 11) is 0. The van der Waals surface area contributed by atoms with Crippen LogP contribution in [-0.2, 0) is 14.4 Å². The van der Waals surface area contributed by atoms with E-state index in [0.717, 1.165) is 28.7 Å². The van der Waals surface area contributed by atoms with Crippen molar-refractivity contribution in [2.75, 3.05) is 17.2 Å². The van der Waals surface area contributed by atoms with Crippen LogP contribution in [0.1, 0.15) is 60.4 Å². The van der Waals surface area contributed by atoms with E-state index in [1.807, 2.05) is 65.0 Å². The number of hydrogen-bond acceptors (Lipinski definition) is 5. The summed E-state index contributed by atoms with van der Waals surface area (Å²) in [6.07, 6.45) is 0.480. The number of aryl methyl sites for hydroxylation is 2. The smallest absolute Gasteiger partial charge is 0.235 e. The number of anilines is 2. The van der Waals surface area contributed by atoms with Gasteiger partial charge in [-0.3, -0.25) is 14.4 Å². The van der Waals surface area contributed by atoms with E-state index >= 15 is 0 Å². The molecule has 1 fully saturated rings. The number of rotatable bonds is 8. The molecule has 0 aliphatic heterocycles. The van der Waals surface area contributed by atoms with E-state index < -0.39 is 41.0 Å². The van der Waals surface area contributed by atoms with Gasteiger partial charge in [-0.2, -0.15) is 0 Å². The summed E-state index contributed by atoms with van der Waals surface area (Å²) in [5.41, 5.74) is 3.93. The monoisotopic (exact) mass is 556 g/mol. The van der Waals surface area contributed by atoms with E-state index in [1.54, 1.807) is 30.3 Å². The molecular formula is C34H40N2O5. The van der Waals surface area contributed by atoms with Crippen LogP contribution >= 0.6 is 0 Å². The first-order valence-corrected chi connectivity index (χ1v) is 14.2. The predicted octanol–water partition coefficient (Wildman–Crippen LogP) is 6.03. The molecule has 1 saturated carbocycles. The highest BCUT2D eigenvalue weighted by Crippen LogP contribution is 2.47. The Morgan fingerprint density at radius 1 is 0.902 bits per heavy atom. The quantitative estimate of drug-likeness (QED) is 0.294. The Hall–Kier alpha value is -3.97. The van der Waals surface area contributed by atoms with Gasteiger partial charge >= 0.3 is 0 Å². The molecule has 0 spiro atoms. The molecule has 216 valence electrons. The molecule has 4 atom stereocenters. The molecule has 3 N–H and O–H groups in total. The van der Waals surface area contributed by atoms with Crippen molar-refractivity contribution in [1.29, 1.82) is 0 Å². The number of carbonyl (C=O) groups is 3. The highest BCUT2D eigenvalue weighted by Gasteiger charge is 2.56. The lowest BCUT2D eigenvalue weighted by molar-refractivity contribution is -0.150. The largest absolute Gasteiger partial charge is 0.494 e. The Morgan fingerprint density at radius 2 is 1.46 bits per heavy atom. The molecule has 4 unspecified atom stereocenters. The number of amides is 2. The minimum absolute atomic E-state index is 0.328. The van der Waals surface area contributed by atoms with Gasteiger partial charge in [0.15, 0.2) is 0 Å². The maximum Gasteiger partial charge on any atom is 0.235 e. The summed E-state index contributed by atoms with van der Waals surface area (Å²) in [6.45, 7) is 11.7. The lowest BCUT2D eigenvalue weighted by Gasteiger charge is -2.44. The number of benzene rings is 3. The van der Waals surface area contributed by atoms with Crippen LogP contribution < -0.4 is 15.4 Å². The number of nitrogens with one attached hydrogen (secondary N) is 2. The average Bonchev–Trinajstić information content (AvgIpc) is 2.91. The van der Waals surface area contributed by atoms with Crippen LogP contribution in [0, 0.1) is 39.5 Å². The standard InChI is InChI=1S/C34H40N2O5/c1-7-17-41-25-14-10-13-24(18-25)29-30(32(38)35-26-15-8-11-20(2)22(26)4)28(37)19-34(6,40)31(29)33(39)36-27-16-9-12-21(3)23(27)5/h8-16,18,29-31,40H,7,17,19H2,1-6H3,(H,35,38)(H,36,39). The van der Waals surface area contributed by atoms with Gasteiger partial charge in [-0.05, 0) is 93.1 Å². The molecule has 0 radical (unpaired) electrons. The van der Waals surface area contributed by atoms with Crippen molar-refractivity contribution < 1.29 is 24.2 Å². The van der Waals surface area contributed by atoms with E-state index in [1.165, 1.54) is 6.92 Å². The summed E-state index contributed by atoms with van der Waals surface area (Å²) >= 11 is 0. The number of carbonyl (C=O) groups excluding carboxylic acids is 3. The Labute approximate surface area is 242 Å². The van der Waals surface area contributed by atoms with Crippen LogP contribution in [0.2, 0.25) is 0 Å². The Balaban J connectivity index is 1.81. The van der Waals surface area contributed by atoms with Crippen LogP contribution in [0.4, 0.5) is 11.4 Å². The van der Waals surface area contributed by atoms with E-state index in [0.29, 0.717) is 29.3 Å². The second kappa shape index (κ2) is 12.3. The number of ketones is 1. The van der Waals surface area contributed by atoms with Crippen LogP contribution in [0.5, 0.6) is 5.75 Å². The highest BCUT2D eigenvalue weighted by atomic mass is 16.5. The predicted molar refractivity (Wildman–Crippen MR) is 161 cm³/mol. The Bertz CT molecular complexity index is 1460. The zero-order valence-corrected chi connectivity index (χ0v) is 24.7. The second-order valence-electron chi connectivity index (χ2n) is 11.4. The number of hydrogen-bond donors (Lipinski definition) is 3. The van der Waals surface area contributed by atoms with Crippen molar-refractivity contribution in [3.05, 3.63) is 88.5 Å². The summed E-state index contributed by atoms with van der Waals surface area (Å²) in [4.78, 5) is 41.7. The summed E-state index contributed by atoms with van der Waals surface area (Å²) in [5.74, 6) is -4.05. The molecule has 0 saturated heterocycles. The van der Waals surface area contributed by atoms with Gasteiger partial charge < -0.3 is 20.5 Å². The first-order chi connectivity index (χ1) is 19.4. The third-order valence-electron chi connectivity index (χ3n) is 8.27. The molecule has 0 heterocycles. The number of Topliss-reactive ketones (excluding diaryl/α,β-unsaturated/α-hetero) is 1. The third-order valence-corrected chi connectivity index (χ3v) is 8.27. The summed E-state index contributed by atoms with van der Waals surface area (Å²) in [6, 6.07) is 18.4. The molecule has 1 aliphatic carbocycles. The van der Waals surface area contributed by atoms with Crippen LogP contribution in [0.25, 0.3) is 0 Å². The molecular weight excluding hydrogens is 516 g/mol. The van der Waals surface area contributed by atoms with Gasteiger partial charge in [-0.1, -0.05) is 43.3 Å². The minimum atomic E-state index is -1.69. The fourth-order valence-electron chi connectivity index (χ4n) is 5.72. The van der Waals surface area contributed by atoms with E-state index in [9.17, 15) is 19.5 Å². The first-order valence-electron chi connectivity index (χ1n) is 14.2. The van der Waals surface area contributed by atoms with E-state index in [4.69, 9.17) is 4.74 Å². The highest BCUT2D eigenvalue weighted by molar-refractivity contribution is 6.10. The minimum Gasteiger partial charge on any atom is -0.494 e. The van der Waals surface area contributed by atoms with Gasteiger partial charge in [-0.15, -0.1) is 0 Å². The van der Waals surface area contributed by atoms with Crippen molar-refractivity contribution in [2.24, 2.45) is 11.8 Å². The fourth-order valence-corrected chi connectivity index (χ4v) is 5.72. The van der Waals surface area contributed by atoms with Gasteiger partial charge in [0.2, 0.25) is 11.8 Å². The molecule has 3 aromatic carbocycles. The normalized spacial score (nSPS) is 22.2. The molecule has 4 rings (SSSR count). The molecule has 0 aromatic heterocycles. The van der Waals surface area contributed by atoms with Gasteiger partial charge in [-0.25, -0.2) is 0 Å². The Kier molecular flexibility index (Phi) is 8.98. The summed E-state index contributed by atoms with van der Waals surface area (Å²) in [5, 5.41) is 17.6. The fraction of sp³-hybridized carbons (Fsp3) is 0.382. The van der Waals surface area contributed by atoms with Crippen molar-refractivity contribution in [2.45, 2.75) is 65.9 Å². The lowest BCUT2D eigenvalue weighted by atomic mass is 9.61. The van der Waals surface area contributed by atoms with E-state index in [2.05, 4.69) is 10.6 Å². The lowest BCUT2D eigenvalue weighted by Crippen LogP contribution is -2.56. The van der Waals surface area contributed by atoms with Gasteiger partial charge in [0.25, 0.3) is 0 Å². The molecule has 0 bridgehead atoms. The molecule has 41 heavy (non-hydrogen) atoms. The average molecular weight is 557 g/mol. The molecule has 3 aromatic rings.